The molecule has 0 aromatic carbocycles. The highest BCUT2D eigenvalue weighted by Gasteiger charge is 2.53. The van der Waals surface area contributed by atoms with Crippen molar-refractivity contribution in [1.82, 2.24) is 0 Å². The first-order valence-corrected chi connectivity index (χ1v) is 11.0. The number of aliphatic hydroxyl groups excluding tert-OH is 4. The molecule has 0 aromatic heterocycles. The Hall–Kier alpha value is -1.58. The van der Waals surface area contributed by atoms with E-state index in [1.165, 1.54) is 0 Å². The van der Waals surface area contributed by atoms with Gasteiger partial charge in [0.25, 0.3) is 0 Å². The molecule has 0 heterocycles. The fourth-order valence-electron chi connectivity index (χ4n) is 3.07. The average molecular weight is 475 g/mol. The maximum Gasteiger partial charge on any atom is 0.318 e. The van der Waals surface area contributed by atoms with Gasteiger partial charge in [0.05, 0.1) is 10.8 Å². The highest BCUT2D eigenvalue weighted by atomic mass is 33.1. The molecule has 0 saturated carbocycles. The van der Waals surface area contributed by atoms with Crippen LogP contribution < -0.4 is 0 Å². The molecule has 0 fully saturated rings. The molecule has 30 heavy (non-hydrogen) atoms. The lowest BCUT2D eigenvalue weighted by Gasteiger charge is -2.36. The molecule has 0 bridgehead atoms. The normalized spacial score (nSPS) is 14.1. The first-order chi connectivity index (χ1) is 14.0. The van der Waals surface area contributed by atoms with E-state index < -0.39 is 97.3 Å². The zero-order valence-electron chi connectivity index (χ0n) is 15.8. The molecule has 0 amide bonds. The molecule has 0 spiro atoms. The molecule has 12 nitrogen and oxygen atoms in total. The number of hydrogen-bond donors (Lipinski definition) is 8. The molecule has 0 aromatic rings. The van der Waals surface area contributed by atoms with Crippen molar-refractivity contribution < 1.29 is 60.0 Å². The first kappa shape index (κ1) is 28.4. The zero-order valence-corrected chi connectivity index (χ0v) is 17.5. The van der Waals surface area contributed by atoms with E-state index in [4.69, 9.17) is 0 Å². The van der Waals surface area contributed by atoms with E-state index in [2.05, 4.69) is 0 Å². The summed E-state index contributed by atoms with van der Waals surface area (Å²) in [6.45, 7) is -2.90. The van der Waals surface area contributed by atoms with Crippen molar-refractivity contribution in [1.29, 1.82) is 0 Å². The van der Waals surface area contributed by atoms with E-state index in [0.717, 1.165) is 0 Å². The second kappa shape index (κ2) is 13.0. The Balaban J connectivity index is 6.18. The minimum atomic E-state index is -2.16. The number of hydrogen-bond acceptors (Lipinski definition) is 10. The number of carboxylic acid groups (broad SMARTS) is 4. The molecule has 0 aliphatic heterocycles. The van der Waals surface area contributed by atoms with Crippen molar-refractivity contribution in [3.63, 3.8) is 0 Å². The van der Waals surface area contributed by atoms with Gasteiger partial charge in [-0.05, 0) is 25.7 Å². The molecule has 0 aliphatic carbocycles. The summed E-state index contributed by atoms with van der Waals surface area (Å²) >= 11 is 0. The van der Waals surface area contributed by atoms with Gasteiger partial charge in [-0.3, -0.25) is 19.2 Å². The van der Waals surface area contributed by atoms with Crippen LogP contribution in [0.4, 0.5) is 0 Å². The Kier molecular flexibility index (Phi) is 12.3. The minimum absolute atomic E-state index is 0.284. The fraction of sp³-hybridized carbons (Fsp3) is 0.750. The standard InChI is InChI=1S/C16H26O12S2/c17-5-1-15(2-6-18,13(25)26)9(11(21)22)29-30-10(12(23)24)16(3-7-19,4-8-20)14(27)28/h9-10,17-20H,1-8H2,(H,21,22)(H,23,24)(H,25,26)(H,27,28). The molecule has 2 atom stereocenters. The van der Waals surface area contributed by atoms with Crippen LogP contribution in [0.5, 0.6) is 0 Å². The maximum absolute atomic E-state index is 11.9. The van der Waals surface area contributed by atoms with E-state index in [0.29, 0.717) is 0 Å². The zero-order chi connectivity index (χ0) is 23.5. The van der Waals surface area contributed by atoms with Crippen LogP contribution in [0.3, 0.4) is 0 Å². The monoisotopic (exact) mass is 474 g/mol. The molecule has 2 unspecified atom stereocenters. The summed E-state index contributed by atoms with van der Waals surface area (Å²) in [4.78, 5) is 47.3. The van der Waals surface area contributed by atoms with E-state index >= 15 is 0 Å². The van der Waals surface area contributed by atoms with Gasteiger partial charge >= 0.3 is 23.9 Å². The largest absolute Gasteiger partial charge is 0.481 e. The predicted octanol–water partition coefficient (Wildman–Crippen LogP) is -1.05. The van der Waals surface area contributed by atoms with E-state index in [9.17, 15) is 60.0 Å². The smallest absolute Gasteiger partial charge is 0.318 e. The van der Waals surface area contributed by atoms with E-state index in [1.807, 2.05) is 0 Å². The number of rotatable bonds is 17. The van der Waals surface area contributed by atoms with Crippen LogP contribution in [0.15, 0.2) is 0 Å². The topological polar surface area (TPSA) is 230 Å². The van der Waals surface area contributed by atoms with Gasteiger partial charge in [-0.1, -0.05) is 21.6 Å². The lowest BCUT2D eigenvalue weighted by molar-refractivity contribution is -0.157. The summed E-state index contributed by atoms with van der Waals surface area (Å²) < 4.78 is 0. The van der Waals surface area contributed by atoms with Crippen LogP contribution in [-0.2, 0) is 19.2 Å². The Morgan fingerprint density at radius 3 is 0.933 bits per heavy atom. The maximum atomic E-state index is 11.9. The van der Waals surface area contributed by atoms with Crippen LogP contribution in [0.2, 0.25) is 0 Å². The summed E-state index contributed by atoms with van der Waals surface area (Å²) in [6, 6.07) is 0. The van der Waals surface area contributed by atoms with Gasteiger partial charge in [0, 0.05) is 26.4 Å². The van der Waals surface area contributed by atoms with E-state index in [1.54, 1.807) is 0 Å². The van der Waals surface area contributed by atoms with Crippen LogP contribution in [-0.4, -0.2) is 102 Å². The molecular formula is C16H26O12S2. The van der Waals surface area contributed by atoms with Crippen molar-refractivity contribution in [2.75, 3.05) is 26.4 Å². The molecule has 8 N–H and O–H groups in total. The molecular weight excluding hydrogens is 448 g/mol. The predicted molar refractivity (Wildman–Crippen MR) is 105 cm³/mol. The number of carbonyl (C=O) groups is 4. The van der Waals surface area contributed by atoms with Crippen LogP contribution in [0.25, 0.3) is 0 Å². The number of aliphatic carboxylic acids is 4. The lowest BCUT2D eigenvalue weighted by Crippen LogP contribution is -2.48. The summed E-state index contributed by atoms with van der Waals surface area (Å²) in [5.41, 5.74) is -4.31. The minimum Gasteiger partial charge on any atom is -0.481 e. The van der Waals surface area contributed by atoms with Crippen LogP contribution >= 0.6 is 21.6 Å². The third kappa shape index (κ3) is 6.46. The van der Waals surface area contributed by atoms with E-state index in [-0.39, 0.29) is 21.6 Å². The Morgan fingerprint density at radius 2 is 0.800 bits per heavy atom. The van der Waals surface area contributed by atoms with Crippen LogP contribution in [0, 0.1) is 10.8 Å². The Morgan fingerprint density at radius 1 is 0.567 bits per heavy atom. The summed E-state index contributed by atoms with van der Waals surface area (Å²) in [5.74, 6) is -6.58. The van der Waals surface area contributed by atoms with Gasteiger partial charge < -0.3 is 40.9 Å². The summed E-state index contributed by atoms with van der Waals surface area (Å²) in [5, 5.41) is 71.6. The number of aliphatic hydroxyl groups is 4. The Labute approximate surface area is 179 Å². The third-order valence-corrected chi connectivity index (χ3v) is 8.07. The van der Waals surface area contributed by atoms with Crippen molar-refractivity contribution in [2.45, 2.75) is 36.2 Å². The second-order valence-electron chi connectivity index (χ2n) is 6.45. The quantitative estimate of drug-likeness (QED) is 0.118. The van der Waals surface area contributed by atoms with Gasteiger partial charge in [0.15, 0.2) is 0 Å². The van der Waals surface area contributed by atoms with Crippen LogP contribution in [0.1, 0.15) is 25.7 Å². The van der Waals surface area contributed by atoms with Crippen molar-refractivity contribution in [3.8, 4) is 0 Å². The van der Waals surface area contributed by atoms with Gasteiger partial charge in [-0.15, -0.1) is 0 Å². The number of carboxylic acids is 4. The lowest BCUT2D eigenvalue weighted by atomic mass is 9.78. The van der Waals surface area contributed by atoms with Gasteiger partial charge in [-0.25, -0.2) is 0 Å². The van der Waals surface area contributed by atoms with Crippen molar-refractivity contribution >= 4 is 45.5 Å². The summed E-state index contributed by atoms with van der Waals surface area (Å²) in [6.07, 6.45) is -2.21. The first-order valence-electron chi connectivity index (χ1n) is 8.68. The Bertz CT molecular complexity index is 547. The second-order valence-corrected chi connectivity index (χ2v) is 8.93. The summed E-state index contributed by atoms with van der Waals surface area (Å²) in [7, 11) is 0.568. The SMILES string of the molecule is O=C(O)C(SSC(C(=O)O)C(CCO)(CCO)C(=O)O)C(CCO)(CCO)C(=O)O. The third-order valence-electron chi connectivity index (χ3n) is 4.78. The van der Waals surface area contributed by atoms with Gasteiger partial charge in [-0.2, -0.15) is 0 Å². The molecule has 0 radical (unpaired) electrons. The van der Waals surface area contributed by atoms with Crippen molar-refractivity contribution in [3.05, 3.63) is 0 Å². The highest BCUT2D eigenvalue weighted by Crippen LogP contribution is 2.49. The average Bonchev–Trinajstić information content (AvgIpc) is 2.64. The molecule has 0 rings (SSSR count). The fourth-order valence-corrected chi connectivity index (χ4v) is 6.77. The van der Waals surface area contributed by atoms with Crippen molar-refractivity contribution in [2.24, 2.45) is 10.8 Å². The molecule has 0 saturated heterocycles. The molecule has 174 valence electrons. The molecule has 0 aliphatic rings. The molecule has 14 heteroatoms. The van der Waals surface area contributed by atoms with Gasteiger partial charge in [0.1, 0.15) is 10.5 Å². The highest BCUT2D eigenvalue weighted by molar-refractivity contribution is 8.77. The van der Waals surface area contributed by atoms with Gasteiger partial charge in [0.2, 0.25) is 0 Å².